The van der Waals surface area contributed by atoms with Gasteiger partial charge in [0.15, 0.2) is 0 Å². The van der Waals surface area contributed by atoms with Gasteiger partial charge in [-0.15, -0.1) is 0 Å². The van der Waals surface area contributed by atoms with Crippen molar-refractivity contribution in [1.29, 1.82) is 0 Å². The Bertz CT molecular complexity index is 539. The maximum atomic E-state index is 12.3. The molecular formula is C16H25NO3S. The number of benzene rings is 1. The minimum absolute atomic E-state index is 0.00472. The molecule has 0 radical (unpaired) electrons. The van der Waals surface area contributed by atoms with Gasteiger partial charge in [0.1, 0.15) is 0 Å². The summed E-state index contributed by atoms with van der Waals surface area (Å²) in [6.07, 6.45) is 5.26. The van der Waals surface area contributed by atoms with Crippen LogP contribution in [0.2, 0.25) is 0 Å². The Morgan fingerprint density at radius 2 is 1.76 bits per heavy atom. The Morgan fingerprint density at radius 1 is 1.10 bits per heavy atom. The van der Waals surface area contributed by atoms with E-state index in [1.54, 1.807) is 24.3 Å². The fraction of sp³-hybridized carbons (Fsp3) is 0.625. The van der Waals surface area contributed by atoms with Crippen molar-refractivity contribution >= 4 is 10.0 Å². The fourth-order valence-corrected chi connectivity index (χ4v) is 4.32. The molecule has 1 fully saturated rings. The lowest BCUT2D eigenvalue weighted by Gasteiger charge is -2.16. The second-order valence-electron chi connectivity index (χ2n) is 6.16. The molecule has 1 aliphatic rings. The summed E-state index contributed by atoms with van der Waals surface area (Å²) in [5.74, 6) is 0.704. The van der Waals surface area contributed by atoms with Crippen molar-refractivity contribution in [2.24, 2.45) is 5.92 Å². The Labute approximate surface area is 127 Å². The second-order valence-corrected chi connectivity index (χ2v) is 7.92. The molecule has 0 aliphatic heterocycles. The lowest BCUT2D eigenvalue weighted by atomic mass is 10.0. The molecule has 2 N–H and O–H groups in total. The molecule has 2 rings (SSSR count). The average Bonchev–Trinajstić information content (AvgIpc) is 2.63. The lowest BCUT2D eigenvalue weighted by molar-refractivity contribution is 0.282. The van der Waals surface area contributed by atoms with Crippen LogP contribution in [0.4, 0.5) is 0 Å². The van der Waals surface area contributed by atoms with Crippen molar-refractivity contribution in [2.45, 2.75) is 57.4 Å². The summed E-state index contributed by atoms with van der Waals surface area (Å²) < 4.78 is 27.4. The van der Waals surface area contributed by atoms with Crippen molar-refractivity contribution in [1.82, 2.24) is 4.72 Å². The zero-order valence-electron chi connectivity index (χ0n) is 12.6. The molecule has 21 heavy (non-hydrogen) atoms. The summed E-state index contributed by atoms with van der Waals surface area (Å²) in [5, 5.41) is 8.99. The van der Waals surface area contributed by atoms with Crippen LogP contribution in [0, 0.1) is 5.92 Å². The van der Waals surface area contributed by atoms with Crippen LogP contribution in [-0.4, -0.2) is 19.6 Å². The summed E-state index contributed by atoms with van der Waals surface area (Å²) in [7, 11) is -3.30. The number of aliphatic hydroxyl groups is 1. The van der Waals surface area contributed by atoms with Gasteiger partial charge in [-0.3, -0.25) is 0 Å². The van der Waals surface area contributed by atoms with E-state index in [4.69, 9.17) is 5.11 Å². The molecule has 4 nitrogen and oxygen atoms in total. The van der Waals surface area contributed by atoms with E-state index in [1.165, 1.54) is 6.42 Å². The summed E-state index contributed by atoms with van der Waals surface area (Å²) in [4.78, 5) is 0. The predicted octanol–water partition coefficient (Wildman–Crippen LogP) is 2.57. The van der Waals surface area contributed by atoms with Crippen molar-refractivity contribution in [3.8, 4) is 0 Å². The van der Waals surface area contributed by atoms with Gasteiger partial charge < -0.3 is 5.11 Å². The van der Waals surface area contributed by atoms with E-state index in [1.807, 2.05) is 0 Å². The molecule has 5 heteroatoms. The van der Waals surface area contributed by atoms with Crippen LogP contribution in [0.15, 0.2) is 24.3 Å². The molecule has 0 aromatic heterocycles. The number of hydrogen-bond acceptors (Lipinski definition) is 3. The normalized spacial score (nSPS) is 23.7. The van der Waals surface area contributed by atoms with Gasteiger partial charge in [0.2, 0.25) is 10.0 Å². The fourth-order valence-electron chi connectivity index (χ4n) is 2.86. The van der Waals surface area contributed by atoms with Gasteiger partial charge in [-0.2, -0.15) is 0 Å². The minimum atomic E-state index is -3.30. The SMILES string of the molecule is CC1CCCC(NS(=O)(=O)Cc2ccc(CO)cc2)CC1. The predicted molar refractivity (Wildman–Crippen MR) is 84.2 cm³/mol. The van der Waals surface area contributed by atoms with E-state index in [2.05, 4.69) is 11.6 Å². The topological polar surface area (TPSA) is 66.4 Å². The molecule has 1 aromatic rings. The van der Waals surface area contributed by atoms with Crippen LogP contribution in [0.5, 0.6) is 0 Å². The van der Waals surface area contributed by atoms with E-state index >= 15 is 0 Å². The molecule has 1 aromatic carbocycles. The highest BCUT2D eigenvalue weighted by molar-refractivity contribution is 7.88. The van der Waals surface area contributed by atoms with Crippen LogP contribution in [0.3, 0.4) is 0 Å². The van der Waals surface area contributed by atoms with Crippen molar-refractivity contribution in [3.63, 3.8) is 0 Å². The first-order valence-corrected chi connectivity index (χ1v) is 9.32. The van der Waals surface area contributed by atoms with E-state index in [-0.39, 0.29) is 18.4 Å². The van der Waals surface area contributed by atoms with E-state index in [9.17, 15) is 8.42 Å². The van der Waals surface area contributed by atoms with Crippen molar-refractivity contribution in [3.05, 3.63) is 35.4 Å². The molecule has 0 bridgehead atoms. The second kappa shape index (κ2) is 7.38. The number of aliphatic hydroxyl groups excluding tert-OH is 1. The highest BCUT2D eigenvalue weighted by Gasteiger charge is 2.21. The van der Waals surface area contributed by atoms with E-state index < -0.39 is 10.0 Å². The van der Waals surface area contributed by atoms with Gasteiger partial charge in [-0.1, -0.05) is 44.0 Å². The Balaban J connectivity index is 1.94. The molecule has 1 saturated carbocycles. The third-order valence-corrected chi connectivity index (χ3v) is 5.57. The zero-order chi connectivity index (χ0) is 15.3. The van der Waals surface area contributed by atoms with E-state index in [0.29, 0.717) is 5.92 Å². The molecule has 1 aliphatic carbocycles. The van der Waals surface area contributed by atoms with E-state index in [0.717, 1.165) is 36.8 Å². The van der Waals surface area contributed by atoms with Gasteiger partial charge in [-0.25, -0.2) is 13.1 Å². The molecule has 0 amide bonds. The largest absolute Gasteiger partial charge is 0.392 e. The van der Waals surface area contributed by atoms with Gasteiger partial charge in [0.25, 0.3) is 0 Å². The summed E-state index contributed by atoms with van der Waals surface area (Å²) >= 11 is 0. The highest BCUT2D eigenvalue weighted by atomic mass is 32.2. The van der Waals surface area contributed by atoms with Crippen LogP contribution in [-0.2, 0) is 22.4 Å². The first-order chi connectivity index (χ1) is 9.98. The average molecular weight is 311 g/mol. The molecule has 2 unspecified atom stereocenters. The maximum absolute atomic E-state index is 12.3. The molecule has 118 valence electrons. The molecular weight excluding hydrogens is 286 g/mol. The maximum Gasteiger partial charge on any atom is 0.216 e. The van der Waals surface area contributed by atoms with Gasteiger partial charge in [-0.05, 0) is 36.3 Å². The molecule has 0 spiro atoms. The number of rotatable bonds is 5. The third-order valence-electron chi connectivity index (χ3n) is 4.17. The van der Waals surface area contributed by atoms with Crippen LogP contribution < -0.4 is 4.72 Å². The number of sulfonamides is 1. The lowest BCUT2D eigenvalue weighted by Crippen LogP contribution is -2.35. The van der Waals surface area contributed by atoms with Crippen molar-refractivity contribution < 1.29 is 13.5 Å². The highest BCUT2D eigenvalue weighted by Crippen LogP contribution is 2.23. The van der Waals surface area contributed by atoms with Crippen molar-refractivity contribution in [2.75, 3.05) is 0 Å². The molecule has 0 saturated heterocycles. The van der Waals surface area contributed by atoms with Gasteiger partial charge in [0.05, 0.1) is 12.4 Å². The Morgan fingerprint density at radius 3 is 2.43 bits per heavy atom. The quantitative estimate of drug-likeness (QED) is 0.821. The monoisotopic (exact) mass is 311 g/mol. The molecule has 0 heterocycles. The number of nitrogens with one attached hydrogen (secondary N) is 1. The van der Waals surface area contributed by atoms with Gasteiger partial charge >= 0.3 is 0 Å². The Hall–Kier alpha value is -0.910. The summed E-state index contributed by atoms with van der Waals surface area (Å²) in [6.45, 7) is 2.21. The smallest absolute Gasteiger partial charge is 0.216 e. The third kappa shape index (κ3) is 5.41. The van der Waals surface area contributed by atoms with Crippen LogP contribution in [0.25, 0.3) is 0 Å². The minimum Gasteiger partial charge on any atom is -0.392 e. The van der Waals surface area contributed by atoms with Gasteiger partial charge in [0, 0.05) is 6.04 Å². The summed E-state index contributed by atoms with van der Waals surface area (Å²) in [5.41, 5.74) is 1.54. The van der Waals surface area contributed by atoms with Crippen LogP contribution >= 0.6 is 0 Å². The molecule has 2 atom stereocenters. The van der Waals surface area contributed by atoms with Crippen LogP contribution in [0.1, 0.15) is 50.2 Å². The zero-order valence-corrected chi connectivity index (χ0v) is 13.4. The number of hydrogen-bond donors (Lipinski definition) is 2. The summed E-state index contributed by atoms with van der Waals surface area (Å²) in [6, 6.07) is 7.13. The first-order valence-electron chi connectivity index (χ1n) is 7.67. The Kier molecular flexibility index (Phi) is 5.79. The standard InChI is InChI=1S/C16H25NO3S/c1-13-3-2-4-16(10-5-13)17-21(19,20)12-15-8-6-14(11-18)7-9-15/h6-9,13,16-18H,2-5,10-12H2,1H3. The first kappa shape index (κ1) is 16.5.